The van der Waals surface area contributed by atoms with Crippen LogP contribution in [0, 0.1) is 112 Å². The van der Waals surface area contributed by atoms with Gasteiger partial charge in [0, 0.05) is 17.5 Å². The maximum absolute atomic E-state index is 4.96. The van der Waals surface area contributed by atoms with E-state index in [1.807, 2.05) is 0 Å². The highest BCUT2D eigenvalue weighted by Crippen LogP contribution is 2.78. The van der Waals surface area contributed by atoms with Crippen LogP contribution in [0.4, 0.5) is 0 Å². The van der Waals surface area contributed by atoms with E-state index in [4.69, 9.17) is 5.32 Å². The van der Waals surface area contributed by atoms with Gasteiger partial charge in [-0.15, -0.1) is 0 Å². The summed E-state index contributed by atoms with van der Waals surface area (Å²) in [6, 6.07) is 1.59. The van der Waals surface area contributed by atoms with Gasteiger partial charge in [0.1, 0.15) is 0 Å². The van der Waals surface area contributed by atoms with Crippen molar-refractivity contribution in [3.05, 3.63) is 11.1 Å². The lowest BCUT2D eigenvalue weighted by Gasteiger charge is -2.58. The van der Waals surface area contributed by atoms with E-state index in [2.05, 4.69) is 25.0 Å². The van der Waals surface area contributed by atoms with E-state index in [1.165, 1.54) is 51.4 Å². The van der Waals surface area contributed by atoms with Gasteiger partial charge >= 0.3 is 0 Å². The van der Waals surface area contributed by atoms with Crippen LogP contribution < -0.4 is 5.32 Å². The van der Waals surface area contributed by atoms with E-state index >= 15 is 0 Å². The third-order valence-corrected chi connectivity index (χ3v) is 24.2. The van der Waals surface area contributed by atoms with Crippen LogP contribution in [0.1, 0.15) is 226 Å². The summed E-state index contributed by atoms with van der Waals surface area (Å²) in [7, 11) is 0. The van der Waals surface area contributed by atoms with E-state index in [9.17, 15) is 0 Å². The fourth-order valence-corrected chi connectivity index (χ4v) is 22.7. The highest BCUT2D eigenvalue weighted by atomic mass is 15.0. The molecule has 20 atom stereocenters. The SMILES string of the molecule is CC1CCC(C2CC(C3CCCC4CCCCC43)C(C)C(C3CCCC4CCCCC43)N2)C2C3=C(CCCC3)C3(C4CCCCC4C4C(C5CCCCC5)CCCC43)C12. The first-order chi connectivity index (χ1) is 29.1. The standard InChI is InChI=1S/C58H93N/c1-36-33-34-48(53-35-49(44-28-14-21-38-19-6-8-23-41(38)44)37(2)57(59-53)45-29-15-22-39-20-7-9-24-42(39)45)55-47-26-11-13-31-51(47)58(56(36)55)50-30-12-10-25-46(50)54-43(27-16-32-52(54)58)40-17-4-3-5-18-40/h36-46,48-50,52-57,59H,3-35H2,1-2H3. The molecule has 0 aromatic heterocycles. The van der Waals surface area contributed by atoms with Crippen LogP contribution in [-0.4, -0.2) is 12.1 Å². The van der Waals surface area contributed by atoms with Crippen LogP contribution in [0.25, 0.3) is 0 Å². The van der Waals surface area contributed by atoms with E-state index in [0.717, 1.165) is 119 Å². The Labute approximate surface area is 364 Å². The summed E-state index contributed by atoms with van der Waals surface area (Å²) in [6.45, 7) is 5.74. The van der Waals surface area contributed by atoms with Crippen LogP contribution in [0.3, 0.4) is 0 Å². The van der Waals surface area contributed by atoms with E-state index in [0.29, 0.717) is 5.41 Å². The summed E-state index contributed by atoms with van der Waals surface area (Å²) in [5.41, 5.74) is 5.02. The molecule has 1 saturated heterocycles. The van der Waals surface area contributed by atoms with E-state index < -0.39 is 0 Å². The van der Waals surface area contributed by atoms with Crippen molar-refractivity contribution in [3.63, 3.8) is 0 Å². The van der Waals surface area contributed by atoms with Crippen LogP contribution in [0.2, 0.25) is 0 Å². The first kappa shape index (κ1) is 40.2. The molecule has 59 heavy (non-hydrogen) atoms. The van der Waals surface area contributed by atoms with Gasteiger partial charge in [0.15, 0.2) is 0 Å². The average Bonchev–Trinajstić information content (AvgIpc) is 3.78. The van der Waals surface area contributed by atoms with Gasteiger partial charge in [-0.2, -0.15) is 0 Å². The maximum Gasteiger partial charge on any atom is 0.0129 e. The highest BCUT2D eigenvalue weighted by molar-refractivity contribution is 5.42. The van der Waals surface area contributed by atoms with Gasteiger partial charge < -0.3 is 5.32 Å². The normalized spacial score (nSPS) is 54.1. The number of hydrogen-bond acceptors (Lipinski definition) is 1. The molecular formula is C58H93N. The van der Waals surface area contributed by atoms with Crippen molar-refractivity contribution < 1.29 is 0 Å². The molecule has 0 bridgehead atoms. The molecule has 20 unspecified atom stereocenters. The van der Waals surface area contributed by atoms with Crippen LogP contribution in [0.5, 0.6) is 0 Å². The second kappa shape index (κ2) is 16.6. The molecule has 10 fully saturated rings. The maximum atomic E-state index is 4.96. The van der Waals surface area contributed by atoms with Gasteiger partial charge in [0.2, 0.25) is 0 Å². The van der Waals surface area contributed by atoms with Gasteiger partial charge in [0.05, 0.1) is 0 Å². The minimum Gasteiger partial charge on any atom is -0.310 e. The number of nitrogens with one attached hydrogen (secondary N) is 1. The predicted molar refractivity (Wildman–Crippen MR) is 247 cm³/mol. The van der Waals surface area contributed by atoms with Crippen molar-refractivity contribution >= 4 is 0 Å². The lowest BCUT2D eigenvalue weighted by atomic mass is 9.49. The number of hydrogen-bond donors (Lipinski definition) is 1. The lowest BCUT2D eigenvalue weighted by molar-refractivity contribution is -0.0633. The van der Waals surface area contributed by atoms with Crippen LogP contribution >= 0.6 is 0 Å². The van der Waals surface area contributed by atoms with Crippen molar-refractivity contribution in [2.24, 2.45) is 112 Å². The molecule has 1 nitrogen and oxygen atoms in total. The monoisotopic (exact) mass is 804 g/mol. The molecule has 1 heterocycles. The topological polar surface area (TPSA) is 12.0 Å². The van der Waals surface area contributed by atoms with Gasteiger partial charge in [-0.05, 0) is 196 Å². The molecule has 11 aliphatic carbocycles. The van der Waals surface area contributed by atoms with Crippen LogP contribution in [-0.2, 0) is 0 Å². The molecule has 1 spiro atoms. The average molecular weight is 804 g/mol. The quantitative estimate of drug-likeness (QED) is 0.279. The summed E-state index contributed by atoms with van der Waals surface area (Å²) < 4.78 is 0. The Morgan fingerprint density at radius 2 is 0.983 bits per heavy atom. The Kier molecular flexibility index (Phi) is 11.3. The lowest BCUT2D eigenvalue weighted by Crippen LogP contribution is -2.62. The molecule has 0 aromatic rings. The zero-order chi connectivity index (χ0) is 39.2. The number of piperidine rings is 1. The van der Waals surface area contributed by atoms with Crippen molar-refractivity contribution in [2.45, 2.75) is 238 Å². The third kappa shape index (κ3) is 6.44. The third-order valence-electron chi connectivity index (χ3n) is 24.2. The van der Waals surface area contributed by atoms with Crippen molar-refractivity contribution in [3.8, 4) is 0 Å². The molecule has 12 rings (SSSR count). The Bertz CT molecular complexity index is 1450. The first-order valence-corrected chi connectivity index (χ1v) is 28.6. The van der Waals surface area contributed by atoms with Crippen molar-refractivity contribution in [2.75, 3.05) is 0 Å². The van der Waals surface area contributed by atoms with Gasteiger partial charge in [-0.25, -0.2) is 0 Å². The first-order valence-electron chi connectivity index (χ1n) is 28.6. The molecule has 1 heteroatoms. The van der Waals surface area contributed by atoms with Crippen molar-refractivity contribution in [1.29, 1.82) is 0 Å². The molecule has 0 aromatic carbocycles. The molecule has 1 N–H and O–H groups in total. The molecule has 9 saturated carbocycles. The summed E-state index contributed by atoms with van der Waals surface area (Å²) in [5, 5.41) is 4.96. The fraction of sp³-hybridized carbons (Fsp3) is 0.966. The zero-order valence-electron chi connectivity index (χ0n) is 38.9. The number of fused-ring (bicyclic) bond motifs is 11. The second-order valence-corrected chi connectivity index (χ2v) is 25.8. The Balaban J connectivity index is 0.934. The summed E-state index contributed by atoms with van der Waals surface area (Å²) in [4.78, 5) is 0. The molecule has 0 radical (unpaired) electrons. The zero-order valence-corrected chi connectivity index (χ0v) is 38.9. The van der Waals surface area contributed by atoms with Gasteiger partial charge in [-0.3, -0.25) is 0 Å². The van der Waals surface area contributed by atoms with Gasteiger partial charge in [-0.1, -0.05) is 147 Å². The van der Waals surface area contributed by atoms with E-state index in [1.54, 1.807) is 161 Å². The minimum atomic E-state index is 0.597. The molecule has 330 valence electrons. The summed E-state index contributed by atoms with van der Waals surface area (Å²) in [6.07, 6.45) is 51.6. The molecule has 0 amide bonds. The molecule has 1 aliphatic heterocycles. The van der Waals surface area contributed by atoms with E-state index in [-0.39, 0.29) is 0 Å². The summed E-state index contributed by atoms with van der Waals surface area (Å²) in [5.74, 6) is 18.3. The number of rotatable bonds is 4. The van der Waals surface area contributed by atoms with Crippen LogP contribution in [0.15, 0.2) is 11.1 Å². The number of allylic oxidation sites excluding steroid dienone is 2. The smallest absolute Gasteiger partial charge is 0.0129 e. The second-order valence-electron chi connectivity index (χ2n) is 25.8. The summed E-state index contributed by atoms with van der Waals surface area (Å²) >= 11 is 0. The van der Waals surface area contributed by atoms with Crippen molar-refractivity contribution in [1.82, 2.24) is 5.32 Å². The fourth-order valence-electron chi connectivity index (χ4n) is 22.7. The predicted octanol–water partition coefficient (Wildman–Crippen LogP) is 15.8. The Morgan fingerprint density at radius 1 is 0.424 bits per heavy atom. The largest absolute Gasteiger partial charge is 0.310 e. The molecule has 12 aliphatic rings. The molecular weight excluding hydrogens is 711 g/mol. The van der Waals surface area contributed by atoms with Gasteiger partial charge in [0.25, 0.3) is 0 Å². The minimum absolute atomic E-state index is 0.597. The highest BCUT2D eigenvalue weighted by Gasteiger charge is 2.72. The Hall–Kier alpha value is -0.300. The Morgan fingerprint density at radius 3 is 1.76 bits per heavy atom.